The standard InChI is InChI=1S/C21H27BrN2O3/c1-2-26-21-9-4-3-8-20(21)24-12-10-23(11-13-24)15-18(25)16-27-19-7-5-6-17(22)14-19/h3-9,14,18,25H,2,10-13,15-16H2,1H3/t18-/m1/s1. The predicted octanol–water partition coefficient (Wildman–Crippen LogP) is 3.41. The van der Waals surface area contributed by atoms with Gasteiger partial charge in [-0.1, -0.05) is 34.1 Å². The molecule has 0 radical (unpaired) electrons. The number of aliphatic hydroxyl groups is 1. The molecule has 1 aliphatic heterocycles. The molecular weight excluding hydrogens is 408 g/mol. The third kappa shape index (κ3) is 5.86. The highest BCUT2D eigenvalue weighted by Crippen LogP contribution is 2.28. The lowest BCUT2D eigenvalue weighted by Gasteiger charge is -2.37. The van der Waals surface area contributed by atoms with E-state index in [2.05, 4.69) is 31.8 Å². The Balaban J connectivity index is 1.45. The number of hydrogen-bond acceptors (Lipinski definition) is 5. The van der Waals surface area contributed by atoms with Gasteiger partial charge < -0.3 is 19.5 Å². The summed E-state index contributed by atoms with van der Waals surface area (Å²) in [6.45, 7) is 7.25. The molecule has 5 nitrogen and oxygen atoms in total. The van der Waals surface area contributed by atoms with Crippen molar-refractivity contribution in [3.8, 4) is 11.5 Å². The molecule has 0 aromatic heterocycles. The van der Waals surface area contributed by atoms with Crippen molar-refractivity contribution >= 4 is 21.6 Å². The van der Waals surface area contributed by atoms with Crippen LogP contribution in [0.15, 0.2) is 53.0 Å². The highest BCUT2D eigenvalue weighted by Gasteiger charge is 2.21. The molecule has 0 bridgehead atoms. The van der Waals surface area contributed by atoms with Crippen LogP contribution in [0.5, 0.6) is 11.5 Å². The van der Waals surface area contributed by atoms with Gasteiger partial charge in [0.2, 0.25) is 0 Å². The van der Waals surface area contributed by atoms with Crippen LogP contribution in [0, 0.1) is 0 Å². The summed E-state index contributed by atoms with van der Waals surface area (Å²) in [5.41, 5.74) is 1.15. The fraction of sp³-hybridized carbons (Fsp3) is 0.429. The Labute approximate surface area is 169 Å². The molecule has 0 unspecified atom stereocenters. The molecule has 0 saturated carbocycles. The maximum Gasteiger partial charge on any atom is 0.142 e. The SMILES string of the molecule is CCOc1ccccc1N1CCN(C[C@@H](O)COc2cccc(Br)c2)CC1. The topological polar surface area (TPSA) is 45.2 Å². The number of piperazine rings is 1. The van der Waals surface area contributed by atoms with Gasteiger partial charge in [0.05, 0.1) is 12.3 Å². The van der Waals surface area contributed by atoms with Crippen molar-refractivity contribution in [2.45, 2.75) is 13.0 Å². The number of aliphatic hydroxyl groups excluding tert-OH is 1. The van der Waals surface area contributed by atoms with Crippen molar-refractivity contribution in [2.75, 3.05) is 50.8 Å². The molecular formula is C21H27BrN2O3. The highest BCUT2D eigenvalue weighted by atomic mass is 79.9. The van der Waals surface area contributed by atoms with E-state index in [4.69, 9.17) is 9.47 Å². The van der Waals surface area contributed by atoms with Gasteiger partial charge in [0, 0.05) is 37.2 Å². The molecule has 1 atom stereocenters. The van der Waals surface area contributed by atoms with E-state index in [0.29, 0.717) is 19.8 Å². The number of benzene rings is 2. The molecule has 0 aliphatic carbocycles. The van der Waals surface area contributed by atoms with Crippen LogP contribution in [0.3, 0.4) is 0 Å². The van der Waals surface area contributed by atoms with Gasteiger partial charge in [-0.05, 0) is 37.3 Å². The molecule has 0 spiro atoms. The quantitative estimate of drug-likeness (QED) is 0.689. The minimum Gasteiger partial charge on any atom is -0.492 e. The fourth-order valence-electron chi connectivity index (χ4n) is 3.27. The molecule has 6 heteroatoms. The molecule has 1 N–H and O–H groups in total. The van der Waals surface area contributed by atoms with Gasteiger partial charge in [0.25, 0.3) is 0 Å². The van der Waals surface area contributed by atoms with Gasteiger partial charge >= 0.3 is 0 Å². The molecule has 0 amide bonds. The van der Waals surface area contributed by atoms with Gasteiger partial charge in [0.15, 0.2) is 0 Å². The smallest absolute Gasteiger partial charge is 0.142 e. The van der Waals surface area contributed by atoms with Crippen molar-refractivity contribution in [1.82, 2.24) is 4.90 Å². The molecule has 27 heavy (non-hydrogen) atoms. The second-order valence-electron chi connectivity index (χ2n) is 6.61. The van der Waals surface area contributed by atoms with E-state index in [1.165, 1.54) is 0 Å². The zero-order valence-electron chi connectivity index (χ0n) is 15.7. The van der Waals surface area contributed by atoms with Crippen LogP contribution < -0.4 is 14.4 Å². The van der Waals surface area contributed by atoms with Crippen LogP contribution in [0.2, 0.25) is 0 Å². The van der Waals surface area contributed by atoms with Crippen LogP contribution in [0.1, 0.15) is 6.92 Å². The van der Waals surface area contributed by atoms with Gasteiger partial charge in [-0.25, -0.2) is 0 Å². The van der Waals surface area contributed by atoms with Crippen LogP contribution >= 0.6 is 15.9 Å². The molecule has 146 valence electrons. The van der Waals surface area contributed by atoms with Crippen LogP contribution in [-0.2, 0) is 0 Å². The number of halogens is 1. The third-order valence-corrected chi connectivity index (χ3v) is 5.08. The van der Waals surface area contributed by atoms with E-state index in [-0.39, 0.29) is 0 Å². The van der Waals surface area contributed by atoms with Gasteiger partial charge in [-0.15, -0.1) is 0 Å². The Kier molecular flexibility index (Phi) is 7.38. The molecule has 2 aromatic carbocycles. The Morgan fingerprint density at radius 3 is 2.56 bits per heavy atom. The number of ether oxygens (including phenoxy) is 2. The first-order valence-corrected chi connectivity index (χ1v) is 10.2. The van der Waals surface area contributed by atoms with Crippen molar-refractivity contribution in [2.24, 2.45) is 0 Å². The van der Waals surface area contributed by atoms with Crippen LogP contribution in [-0.4, -0.2) is 62.0 Å². The molecule has 2 aromatic rings. The Morgan fingerprint density at radius 2 is 1.81 bits per heavy atom. The summed E-state index contributed by atoms with van der Waals surface area (Å²) in [5.74, 6) is 1.71. The minimum absolute atomic E-state index is 0.295. The van der Waals surface area contributed by atoms with Gasteiger partial charge in [-0.2, -0.15) is 0 Å². The summed E-state index contributed by atoms with van der Waals surface area (Å²) in [6, 6.07) is 15.9. The first-order chi connectivity index (χ1) is 13.2. The first-order valence-electron chi connectivity index (χ1n) is 9.41. The number of rotatable bonds is 8. The maximum atomic E-state index is 10.3. The number of anilines is 1. The largest absolute Gasteiger partial charge is 0.492 e. The lowest BCUT2D eigenvalue weighted by atomic mass is 10.2. The lowest BCUT2D eigenvalue weighted by molar-refractivity contribution is 0.0662. The number of para-hydroxylation sites is 2. The maximum absolute atomic E-state index is 10.3. The summed E-state index contributed by atoms with van der Waals surface area (Å²) in [5, 5.41) is 10.3. The van der Waals surface area contributed by atoms with Crippen LogP contribution in [0.4, 0.5) is 5.69 Å². The van der Waals surface area contributed by atoms with E-state index in [1.54, 1.807) is 0 Å². The molecule has 1 heterocycles. The number of β-amino-alcohol motifs (C(OH)–C–C–N with tert-alkyl or cyclic N) is 1. The molecule has 1 saturated heterocycles. The van der Waals surface area contributed by atoms with Crippen molar-refractivity contribution < 1.29 is 14.6 Å². The third-order valence-electron chi connectivity index (χ3n) is 4.59. The second kappa shape index (κ2) is 9.97. The molecule has 3 rings (SSSR count). The summed E-state index contributed by atoms with van der Waals surface area (Å²) >= 11 is 3.42. The van der Waals surface area contributed by atoms with E-state index >= 15 is 0 Å². The lowest BCUT2D eigenvalue weighted by Crippen LogP contribution is -2.49. The summed E-state index contributed by atoms with van der Waals surface area (Å²) < 4.78 is 12.4. The Morgan fingerprint density at radius 1 is 1.04 bits per heavy atom. The fourth-order valence-corrected chi connectivity index (χ4v) is 3.65. The minimum atomic E-state index is -0.508. The van der Waals surface area contributed by atoms with Crippen molar-refractivity contribution in [3.63, 3.8) is 0 Å². The number of hydrogen-bond donors (Lipinski definition) is 1. The first kappa shape index (κ1) is 20.0. The van der Waals surface area contributed by atoms with E-state index in [9.17, 15) is 5.11 Å². The Bertz CT molecular complexity index is 720. The molecule has 1 aliphatic rings. The van der Waals surface area contributed by atoms with E-state index in [1.807, 2.05) is 49.4 Å². The zero-order chi connectivity index (χ0) is 19.1. The Hall–Kier alpha value is -1.76. The second-order valence-corrected chi connectivity index (χ2v) is 7.53. The van der Waals surface area contributed by atoms with Gasteiger partial charge in [0.1, 0.15) is 24.2 Å². The zero-order valence-corrected chi connectivity index (χ0v) is 17.3. The number of nitrogens with zero attached hydrogens (tertiary/aromatic N) is 2. The molecule has 1 fully saturated rings. The predicted molar refractivity (Wildman–Crippen MR) is 112 cm³/mol. The summed E-state index contributed by atoms with van der Waals surface area (Å²) in [4.78, 5) is 4.64. The average molecular weight is 435 g/mol. The van der Waals surface area contributed by atoms with Crippen molar-refractivity contribution in [1.29, 1.82) is 0 Å². The normalized spacial score (nSPS) is 16.2. The van der Waals surface area contributed by atoms with Crippen molar-refractivity contribution in [3.05, 3.63) is 53.0 Å². The van der Waals surface area contributed by atoms with E-state index < -0.39 is 6.10 Å². The highest BCUT2D eigenvalue weighted by molar-refractivity contribution is 9.10. The summed E-state index contributed by atoms with van der Waals surface area (Å²) in [7, 11) is 0. The van der Waals surface area contributed by atoms with Crippen LogP contribution in [0.25, 0.3) is 0 Å². The van der Waals surface area contributed by atoms with Gasteiger partial charge in [-0.3, -0.25) is 4.90 Å². The average Bonchev–Trinajstić information content (AvgIpc) is 2.68. The summed E-state index contributed by atoms with van der Waals surface area (Å²) in [6.07, 6.45) is -0.508. The monoisotopic (exact) mass is 434 g/mol. The van der Waals surface area contributed by atoms with E-state index in [0.717, 1.165) is 47.8 Å².